The maximum Gasteiger partial charge on any atom is 0.419 e. The van der Waals surface area contributed by atoms with Crippen molar-refractivity contribution in [3.63, 3.8) is 0 Å². The Hall–Kier alpha value is -4.62. The van der Waals surface area contributed by atoms with Gasteiger partial charge in [-0.15, -0.1) is 0 Å². The van der Waals surface area contributed by atoms with E-state index in [0.29, 0.717) is 66.6 Å². The van der Waals surface area contributed by atoms with Crippen molar-refractivity contribution in [1.82, 2.24) is 14.8 Å². The minimum absolute atomic E-state index is 0.00953. The van der Waals surface area contributed by atoms with Crippen molar-refractivity contribution in [3.8, 4) is 5.75 Å². The highest BCUT2D eigenvalue weighted by Crippen LogP contribution is 2.41. The van der Waals surface area contributed by atoms with Gasteiger partial charge in [0.25, 0.3) is 0 Å². The zero-order chi connectivity index (χ0) is 42.0. The fourth-order valence-electron chi connectivity index (χ4n) is 7.25. The second-order valence-electron chi connectivity index (χ2n) is 18.2. The Morgan fingerprint density at radius 3 is 2.35 bits per heavy atom. The average molecular weight is 804 g/mol. The average Bonchev–Trinajstić information content (AvgIpc) is 3.73. The monoisotopic (exact) mass is 803 g/mol. The molecule has 2 aliphatic heterocycles. The molecule has 2 atom stereocenters. The van der Waals surface area contributed by atoms with Gasteiger partial charge in [-0.1, -0.05) is 51.1 Å². The molecule has 1 N–H and O–H groups in total. The predicted molar refractivity (Wildman–Crippen MR) is 223 cm³/mol. The van der Waals surface area contributed by atoms with Crippen LogP contribution in [-0.2, 0) is 41.3 Å². The standard InChI is InChI=1S/C44H61N3O9Si/c1-41(2,3)56-40(51)46-28-31(32-19-20-35-33(36(32)46)21-24-43(7,8)55-35)27-34(45-39(50)53-29-30-17-13-12-14-18-30)37(48)47-25-15-22-44(47,38(49)52-9)23-16-26-54-57(10,11)42(4,5)6/h12-14,17-21,24,28,34H,15-16,22-23,25-27,29H2,1-11H3,(H,45,50)/t34?,44-/m1/s1. The Labute approximate surface area is 338 Å². The molecule has 0 bridgehead atoms. The molecule has 3 heterocycles. The smallest absolute Gasteiger partial charge is 0.419 e. The number of rotatable bonds is 12. The van der Waals surface area contributed by atoms with Crippen LogP contribution in [0.5, 0.6) is 5.75 Å². The zero-order valence-corrected chi connectivity index (χ0v) is 36.6. The SMILES string of the molecule is COC(=O)[C@]1(CCCO[Si](C)(C)C(C)(C)C)CCCN1C(=O)C(Cc1cn(C(=O)OC(C)(C)C)c2c3c(ccc12)OC(C)(C)C=C3)NC(=O)OCc1ccccc1. The quantitative estimate of drug-likeness (QED) is 0.0825. The minimum Gasteiger partial charge on any atom is -0.483 e. The summed E-state index contributed by atoms with van der Waals surface area (Å²) >= 11 is 0. The van der Waals surface area contributed by atoms with Crippen LogP contribution in [0, 0.1) is 0 Å². The lowest BCUT2D eigenvalue weighted by Gasteiger charge is -2.39. The molecule has 1 fully saturated rings. The molecular weight excluding hydrogens is 743 g/mol. The Balaban J connectivity index is 1.53. The molecule has 0 saturated carbocycles. The topological polar surface area (TPSA) is 135 Å². The maximum absolute atomic E-state index is 15.0. The highest BCUT2D eigenvalue weighted by atomic mass is 28.4. The first-order valence-corrected chi connectivity index (χ1v) is 22.8. The van der Waals surface area contributed by atoms with Gasteiger partial charge >= 0.3 is 18.2 Å². The van der Waals surface area contributed by atoms with Gasteiger partial charge in [-0.3, -0.25) is 9.36 Å². The summed E-state index contributed by atoms with van der Waals surface area (Å²) in [5, 5.41) is 3.53. The largest absolute Gasteiger partial charge is 0.483 e. The number of esters is 1. The number of carbonyl (C=O) groups is 4. The second-order valence-corrected chi connectivity index (χ2v) is 23.0. The van der Waals surface area contributed by atoms with Crippen molar-refractivity contribution in [1.29, 1.82) is 0 Å². The van der Waals surface area contributed by atoms with Gasteiger partial charge in [0.2, 0.25) is 5.91 Å². The Morgan fingerprint density at radius 2 is 1.70 bits per heavy atom. The second kappa shape index (κ2) is 16.7. The molecule has 310 valence electrons. The van der Waals surface area contributed by atoms with Gasteiger partial charge in [0.15, 0.2) is 8.32 Å². The fraction of sp³-hybridized carbons (Fsp3) is 0.545. The molecule has 0 spiro atoms. The van der Waals surface area contributed by atoms with Crippen molar-refractivity contribution < 1.29 is 42.6 Å². The van der Waals surface area contributed by atoms with Crippen LogP contribution in [0.15, 0.2) is 54.7 Å². The molecule has 12 nitrogen and oxygen atoms in total. The van der Waals surface area contributed by atoms with Crippen molar-refractivity contribution in [2.75, 3.05) is 20.3 Å². The van der Waals surface area contributed by atoms with Crippen LogP contribution in [0.3, 0.4) is 0 Å². The number of nitrogens with one attached hydrogen (secondary N) is 1. The predicted octanol–water partition coefficient (Wildman–Crippen LogP) is 8.78. The van der Waals surface area contributed by atoms with E-state index >= 15 is 0 Å². The van der Waals surface area contributed by atoms with E-state index in [1.54, 1.807) is 31.9 Å². The molecule has 5 rings (SSSR count). The summed E-state index contributed by atoms with van der Waals surface area (Å²) in [5.74, 6) is -0.368. The number of benzene rings is 2. The summed E-state index contributed by atoms with van der Waals surface area (Å²) in [7, 11) is -0.724. The van der Waals surface area contributed by atoms with E-state index in [4.69, 9.17) is 23.4 Å². The van der Waals surface area contributed by atoms with Crippen LogP contribution < -0.4 is 10.1 Å². The summed E-state index contributed by atoms with van der Waals surface area (Å²) in [6.45, 7) is 20.9. The molecule has 1 saturated heterocycles. The van der Waals surface area contributed by atoms with Gasteiger partial charge in [-0.25, -0.2) is 14.4 Å². The van der Waals surface area contributed by atoms with E-state index in [-0.39, 0.29) is 18.1 Å². The number of likely N-dealkylation sites (tertiary alicyclic amines) is 1. The number of amides is 2. The Morgan fingerprint density at radius 1 is 1.00 bits per heavy atom. The van der Waals surface area contributed by atoms with Crippen molar-refractivity contribution in [2.24, 2.45) is 0 Å². The van der Waals surface area contributed by atoms with Gasteiger partial charge in [-0.05, 0) is 114 Å². The fourth-order valence-corrected chi connectivity index (χ4v) is 8.34. The van der Waals surface area contributed by atoms with Gasteiger partial charge in [0.1, 0.15) is 35.1 Å². The third-order valence-electron chi connectivity index (χ3n) is 11.2. The first kappa shape index (κ1) is 43.5. The molecule has 2 aromatic carbocycles. The first-order valence-electron chi connectivity index (χ1n) is 19.9. The normalized spacial score (nSPS) is 18.4. The number of aromatic nitrogens is 1. The van der Waals surface area contributed by atoms with E-state index in [2.05, 4.69) is 39.2 Å². The van der Waals surface area contributed by atoms with Crippen LogP contribution >= 0.6 is 0 Å². The van der Waals surface area contributed by atoms with Crippen LogP contribution in [0.1, 0.15) is 97.8 Å². The molecule has 3 aromatic rings. The summed E-state index contributed by atoms with van der Waals surface area (Å²) in [5.41, 5.74) is 0.0108. The molecule has 1 aromatic heterocycles. The number of hydrogen-bond acceptors (Lipinski definition) is 9. The molecule has 0 aliphatic carbocycles. The van der Waals surface area contributed by atoms with E-state index in [1.165, 1.54) is 11.7 Å². The molecule has 2 amide bonds. The van der Waals surface area contributed by atoms with Crippen LogP contribution in [0.4, 0.5) is 9.59 Å². The number of nitrogens with zero attached hydrogens (tertiary/aromatic N) is 2. The number of ether oxygens (including phenoxy) is 4. The molecule has 1 unspecified atom stereocenters. The highest BCUT2D eigenvalue weighted by Gasteiger charge is 2.52. The van der Waals surface area contributed by atoms with Gasteiger partial charge in [0, 0.05) is 36.7 Å². The third-order valence-corrected chi connectivity index (χ3v) is 15.8. The van der Waals surface area contributed by atoms with Gasteiger partial charge < -0.3 is 33.6 Å². The Bertz CT molecular complexity index is 1990. The van der Waals surface area contributed by atoms with E-state index in [0.717, 1.165) is 5.56 Å². The summed E-state index contributed by atoms with van der Waals surface area (Å²) < 4.78 is 31.0. The zero-order valence-electron chi connectivity index (χ0n) is 35.6. The number of alkyl carbamates (subject to hydrolysis) is 1. The van der Waals surface area contributed by atoms with Crippen molar-refractivity contribution >= 4 is 49.4 Å². The van der Waals surface area contributed by atoms with Crippen molar-refractivity contribution in [2.45, 2.75) is 135 Å². The minimum atomic E-state index is -2.06. The van der Waals surface area contributed by atoms with Gasteiger partial charge in [0.05, 0.1) is 12.6 Å². The number of hydrogen-bond donors (Lipinski definition) is 1. The van der Waals surface area contributed by atoms with E-state index in [9.17, 15) is 19.2 Å². The summed E-state index contributed by atoms with van der Waals surface area (Å²) in [6, 6.07) is 11.8. The van der Waals surface area contributed by atoms with Crippen LogP contribution in [-0.4, -0.2) is 84.9 Å². The van der Waals surface area contributed by atoms with E-state index < -0.39 is 55.2 Å². The number of carbonyl (C=O) groups excluding carboxylic acids is 4. The molecule has 13 heteroatoms. The summed E-state index contributed by atoms with van der Waals surface area (Å²) in [6.07, 6.45) is 5.92. The number of methoxy groups -OCH3 is 1. The molecule has 2 aliphatic rings. The third kappa shape index (κ3) is 9.92. The highest BCUT2D eigenvalue weighted by molar-refractivity contribution is 6.74. The molecule has 57 heavy (non-hydrogen) atoms. The van der Waals surface area contributed by atoms with Crippen molar-refractivity contribution in [3.05, 3.63) is 71.4 Å². The van der Waals surface area contributed by atoms with Crippen LogP contribution in [0.2, 0.25) is 18.1 Å². The van der Waals surface area contributed by atoms with Gasteiger partial charge in [-0.2, -0.15) is 0 Å². The Kier molecular flexibility index (Phi) is 12.7. The number of fused-ring (bicyclic) bond motifs is 3. The lowest BCUT2D eigenvalue weighted by atomic mass is 9.89. The lowest BCUT2D eigenvalue weighted by Crippen LogP contribution is -2.59. The summed E-state index contributed by atoms with van der Waals surface area (Å²) in [4.78, 5) is 57.7. The maximum atomic E-state index is 15.0. The van der Waals surface area contributed by atoms with Crippen LogP contribution in [0.25, 0.3) is 17.0 Å². The molecule has 0 radical (unpaired) electrons. The lowest BCUT2D eigenvalue weighted by molar-refractivity contribution is -0.160. The first-order chi connectivity index (χ1) is 26.6. The molecular formula is C44H61N3O9Si. The van der Waals surface area contributed by atoms with E-state index in [1.807, 2.05) is 68.5 Å².